The smallest absolute Gasteiger partial charge is 0.266 e. The second-order valence-electron chi connectivity index (χ2n) is 2.65. The zero-order chi connectivity index (χ0) is 9.10. The minimum absolute atomic E-state index is 0.300. The molecule has 0 fully saturated rings. The number of ether oxygens (including phenoxy) is 3. The Labute approximate surface area is 76.5 Å². The minimum atomic E-state index is -0.300. The maximum Gasteiger partial charge on any atom is 0.266 e. The molecule has 0 saturated heterocycles. The van der Waals surface area contributed by atoms with E-state index in [1.165, 1.54) is 12.5 Å². The van der Waals surface area contributed by atoms with E-state index in [1.54, 1.807) is 7.11 Å². The quantitative estimate of drug-likeness (QED) is 0.694. The topological polar surface area (TPSA) is 27.7 Å². The van der Waals surface area contributed by atoms with Crippen molar-refractivity contribution in [3.8, 4) is 5.75 Å². The molecule has 1 aromatic rings. The molecule has 0 aliphatic carbocycles. The van der Waals surface area contributed by atoms with Gasteiger partial charge < -0.3 is 14.2 Å². The molecule has 0 spiro atoms. The Morgan fingerprint density at radius 3 is 2.23 bits per heavy atom. The van der Waals surface area contributed by atoms with E-state index in [4.69, 9.17) is 14.2 Å². The summed E-state index contributed by atoms with van der Waals surface area (Å²) in [6.45, 7) is 0. The van der Waals surface area contributed by atoms with Gasteiger partial charge in [0, 0.05) is 5.56 Å². The Kier molecular flexibility index (Phi) is 2.08. The van der Waals surface area contributed by atoms with Gasteiger partial charge in [-0.3, -0.25) is 0 Å². The molecule has 0 radical (unpaired) electrons. The lowest BCUT2D eigenvalue weighted by molar-refractivity contribution is -0.0246. The summed E-state index contributed by atoms with van der Waals surface area (Å²) < 4.78 is 15.4. The molecule has 0 saturated carbocycles. The summed E-state index contributed by atoms with van der Waals surface area (Å²) in [5.74, 6) is 0.828. The molecule has 3 heteroatoms. The summed E-state index contributed by atoms with van der Waals surface area (Å²) in [7, 11) is 1.64. The second-order valence-corrected chi connectivity index (χ2v) is 2.65. The van der Waals surface area contributed by atoms with E-state index in [0.29, 0.717) is 0 Å². The van der Waals surface area contributed by atoms with Gasteiger partial charge in [-0.2, -0.15) is 0 Å². The average Bonchev–Trinajstić information content (AvgIpc) is 2.71. The molecule has 68 valence electrons. The monoisotopic (exact) mass is 178 g/mol. The number of methoxy groups -OCH3 is 1. The Bertz CT molecular complexity index is 294. The van der Waals surface area contributed by atoms with E-state index < -0.39 is 0 Å². The largest absolute Gasteiger partial charge is 0.497 e. The van der Waals surface area contributed by atoms with Crippen molar-refractivity contribution in [3.63, 3.8) is 0 Å². The standard InChI is InChI=1S/C10H10O3/c1-11-9-4-2-8(3-5-9)10-12-6-7-13-10/h2-7,10H,1H3. The van der Waals surface area contributed by atoms with Crippen LogP contribution in [0.2, 0.25) is 0 Å². The molecule has 3 nitrogen and oxygen atoms in total. The van der Waals surface area contributed by atoms with Crippen LogP contribution in [-0.4, -0.2) is 7.11 Å². The Balaban J connectivity index is 2.13. The van der Waals surface area contributed by atoms with Gasteiger partial charge >= 0.3 is 0 Å². The summed E-state index contributed by atoms with van der Waals surface area (Å²) >= 11 is 0. The first-order valence-corrected chi connectivity index (χ1v) is 4.00. The zero-order valence-corrected chi connectivity index (χ0v) is 7.27. The summed E-state index contributed by atoms with van der Waals surface area (Å²) in [5.41, 5.74) is 0.978. The van der Waals surface area contributed by atoms with Gasteiger partial charge in [0.05, 0.1) is 7.11 Å². The van der Waals surface area contributed by atoms with Gasteiger partial charge in [-0.05, 0) is 24.3 Å². The molecule has 0 unspecified atom stereocenters. The lowest BCUT2D eigenvalue weighted by Gasteiger charge is -2.10. The minimum Gasteiger partial charge on any atom is -0.497 e. The summed E-state index contributed by atoms with van der Waals surface area (Å²) in [4.78, 5) is 0. The third-order valence-corrected chi connectivity index (χ3v) is 1.85. The number of hydrogen-bond donors (Lipinski definition) is 0. The van der Waals surface area contributed by atoms with Crippen LogP contribution in [0, 0.1) is 0 Å². The molecule has 1 heterocycles. The van der Waals surface area contributed by atoms with E-state index in [1.807, 2.05) is 24.3 Å². The number of benzene rings is 1. The molecule has 13 heavy (non-hydrogen) atoms. The Morgan fingerprint density at radius 1 is 1.08 bits per heavy atom. The third-order valence-electron chi connectivity index (χ3n) is 1.85. The van der Waals surface area contributed by atoms with E-state index in [-0.39, 0.29) is 6.29 Å². The van der Waals surface area contributed by atoms with Gasteiger partial charge in [0.25, 0.3) is 6.29 Å². The molecule has 0 amide bonds. The summed E-state index contributed by atoms with van der Waals surface area (Å²) in [6.07, 6.45) is 2.77. The lowest BCUT2D eigenvalue weighted by atomic mass is 10.2. The van der Waals surface area contributed by atoms with Crippen LogP contribution in [0.3, 0.4) is 0 Å². The molecular weight excluding hydrogens is 168 g/mol. The van der Waals surface area contributed by atoms with Crippen molar-refractivity contribution in [2.45, 2.75) is 6.29 Å². The predicted molar refractivity (Wildman–Crippen MR) is 47.0 cm³/mol. The van der Waals surface area contributed by atoms with E-state index in [0.717, 1.165) is 11.3 Å². The summed E-state index contributed by atoms with van der Waals surface area (Å²) in [5, 5.41) is 0. The molecule has 0 N–H and O–H groups in total. The van der Waals surface area contributed by atoms with Gasteiger partial charge in [-0.25, -0.2) is 0 Å². The SMILES string of the molecule is COc1ccc(C2OC=CO2)cc1. The molecule has 0 atom stereocenters. The van der Waals surface area contributed by atoms with Crippen LogP contribution in [-0.2, 0) is 9.47 Å². The fraction of sp³-hybridized carbons (Fsp3) is 0.200. The molecule has 1 aliphatic heterocycles. The van der Waals surface area contributed by atoms with Crippen molar-refractivity contribution in [2.75, 3.05) is 7.11 Å². The normalized spacial score (nSPS) is 15.2. The first-order chi connectivity index (χ1) is 6.40. The fourth-order valence-electron chi connectivity index (χ4n) is 1.16. The zero-order valence-electron chi connectivity index (χ0n) is 7.27. The summed E-state index contributed by atoms with van der Waals surface area (Å²) in [6, 6.07) is 7.58. The first-order valence-electron chi connectivity index (χ1n) is 4.00. The van der Waals surface area contributed by atoms with Crippen LogP contribution >= 0.6 is 0 Å². The molecule has 0 bridgehead atoms. The molecule has 1 aromatic carbocycles. The predicted octanol–water partition coefficient (Wildman–Crippen LogP) is 2.21. The molecule has 0 aromatic heterocycles. The maximum absolute atomic E-state index is 5.17. The highest BCUT2D eigenvalue weighted by atomic mass is 16.7. The fourth-order valence-corrected chi connectivity index (χ4v) is 1.16. The molecule has 2 rings (SSSR count). The van der Waals surface area contributed by atoms with Gasteiger partial charge in [0.1, 0.15) is 18.3 Å². The highest BCUT2D eigenvalue weighted by Gasteiger charge is 2.14. The van der Waals surface area contributed by atoms with Crippen molar-refractivity contribution >= 4 is 0 Å². The first kappa shape index (κ1) is 7.98. The van der Waals surface area contributed by atoms with Gasteiger partial charge in [0.15, 0.2) is 0 Å². The maximum atomic E-state index is 5.17. The lowest BCUT2D eigenvalue weighted by Crippen LogP contribution is -1.97. The van der Waals surface area contributed by atoms with Crippen LogP contribution in [0.5, 0.6) is 5.75 Å². The van der Waals surface area contributed by atoms with E-state index >= 15 is 0 Å². The van der Waals surface area contributed by atoms with Crippen molar-refractivity contribution < 1.29 is 14.2 Å². The van der Waals surface area contributed by atoms with E-state index in [2.05, 4.69) is 0 Å². The molecule has 1 aliphatic rings. The van der Waals surface area contributed by atoms with Crippen molar-refractivity contribution in [1.29, 1.82) is 0 Å². The van der Waals surface area contributed by atoms with Crippen molar-refractivity contribution in [3.05, 3.63) is 42.4 Å². The Hall–Kier alpha value is -1.64. The van der Waals surface area contributed by atoms with Crippen LogP contribution in [0.1, 0.15) is 11.9 Å². The van der Waals surface area contributed by atoms with Gasteiger partial charge in [-0.15, -0.1) is 0 Å². The van der Waals surface area contributed by atoms with Crippen LogP contribution < -0.4 is 4.74 Å². The molecular formula is C10H10O3. The second kappa shape index (κ2) is 3.39. The van der Waals surface area contributed by atoms with Crippen molar-refractivity contribution in [1.82, 2.24) is 0 Å². The number of hydrogen-bond acceptors (Lipinski definition) is 3. The van der Waals surface area contributed by atoms with Crippen molar-refractivity contribution in [2.24, 2.45) is 0 Å². The number of rotatable bonds is 2. The highest BCUT2D eigenvalue weighted by Crippen LogP contribution is 2.25. The Morgan fingerprint density at radius 2 is 1.69 bits per heavy atom. The van der Waals surface area contributed by atoms with Crippen LogP contribution in [0.25, 0.3) is 0 Å². The van der Waals surface area contributed by atoms with Gasteiger partial charge in [-0.1, -0.05) is 0 Å². The third kappa shape index (κ3) is 1.59. The van der Waals surface area contributed by atoms with Gasteiger partial charge in [0.2, 0.25) is 0 Å². The average molecular weight is 178 g/mol. The van der Waals surface area contributed by atoms with Crippen LogP contribution in [0.15, 0.2) is 36.8 Å². The highest BCUT2D eigenvalue weighted by molar-refractivity contribution is 5.28. The van der Waals surface area contributed by atoms with E-state index in [9.17, 15) is 0 Å². The van der Waals surface area contributed by atoms with Crippen LogP contribution in [0.4, 0.5) is 0 Å².